The molecule has 0 aromatic carbocycles. The quantitative estimate of drug-likeness (QED) is 0.876. The zero-order chi connectivity index (χ0) is 16.2. The third-order valence-electron chi connectivity index (χ3n) is 4.87. The zero-order valence-corrected chi connectivity index (χ0v) is 12.2. The van der Waals surface area contributed by atoms with Crippen LogP contribution in [0.4, 0.5) is 0 Å². The van der Waals surface area contributed by atoms with E-state index in [4.69, 9.17) is 10.2 Å². The molecule has 23 heavy (non-hydrogen) atoms. The number of aromatic carboxylic acids is 2. The van der Waals surface area contributed by atoms with E-state index in [9.17, 15) is 9.59 Å². The lowest BCUT2D eigenvalue weighted by molar-refractivity contribution is 0.0679. The van der Waals surface area contributed by atoms with Crippen molar-refractivity contribution in [2.24, 2.45) is 5.41 Å². The van der Waals surface area contributed by atoms with Crippen LogP contribution in [0.2, 0.25) is 0 Å². The molecule has 2 aromatic rings. The van der Waals surface area contributed by atoms with E-state index in [0.29, 0.717) is 0 Å². The smallest absolute Gasteiger partial charge is 0.354 e. The number of carbonyl (C=O) groups is 2. The van der Waals surface area contributed by atoms with Gasteiger partial charge >= 0.3 is 11.9 Å². The van der Waals surface area contributed by atoms with Crippen LogP contribution < -0.4 is 0 Å². The number of rotatable bonds is 2. The fraction of sp³-hybridized carbons (Fsp3) is 0.294. The average molecular weight is 310 g/mol. The lowest BCUT2D eigenvalue weighted by Gasteiger charge is -2.21. The van der Waals surface area contributed by atoms with E-state index in [1.54, 1.807) is 24.5 Å². The van der Waals surface area contributed by atoms with Crippen LogP contribution in [0.5, 0.6) is 0 Å². The lowest BCUT2D eigenvalue weighted by atomic mass is 9.82. The van der Waals surface area contributed by atoms with Gasteiger partial charge in [0.15, 0.2) is 0 Å². The Labute approximate surface area is 131 Å². The van der Waals surface area contributed by atoms with E-state index >= 15 is 0 Å². The first kappa shape index (κ1) is 13.9. The van der Waals surface area contributed by atoms with Crippen molar-refractivity contribution in [1.82, 2.24) is 9.97 Å². The first-order valence-electron chi connectivity index (χ1n) is 7.38. The molecule has 2 heterocycles. The zero-order valence-electron chi connectivity index (χ0n) is 12.2. The Morgan fingerprint density at radius 1 is 0.783 bits per heavy atom. The molecule has 1 spiro atoms. The summed E-state index contributed by atoms with van der Waals surface area (Å²) in [5.74, 6) is -2.03. The maximum absolute atomic E-state index is 11.1. The molecular formula is C17H14N2O4. The van der Waals surface area contributed by atoms with Crippen molar-refractivity contribution in [2.45, 2.75) is 25.7 Å². The van der Waals surface area contributed by atoms with Gasteiger partial charge in [0, 0.05) is 12.4 Å². The highest BCUT2D eigenvalue weighted by Gasteiger charge is 2.42. The van der Waals surface area contributed by atoms with E-state index in [2.05, 4.69) is 9.97 Å². The van der Waals surface area contributed by atoms with Crippen molar-refractivity contribution in [3.05, 3.63) is 58.2 Å². The number of hydrogen-bond acceptors (Lipinski definition) is 4. The van der Waals surface area contributed by atoms with Crippen LogP contribution in [-0.4, -0.2) is 32.1 Å². The highest BCUT2D eigenvalue weighted by atomic mass is 16.4. The van der Waals surface area contributed by atoms with Crippen LogP contribution >= 0.6 is 0 Å². The molecule has 4 rings (SSSR count). The highest BCUT2D eigenvalue weighted by molar-refractivity contribution is 5.86. The number of aromatic nitrogens is 2. The summed E-state index contributed by atoms with van der Waals surface area (Å²) in [6, 6.07) is 3.33. The number of carboxylic acid groups (broad SMARTS) is 2. The summed E-state index contributed by atoms with van der Waals surface area (Å²) < 4.78 is 0. The van der Waals surface area contributed by atoms with E-state index in [-0.39, 0.29) is 16.8 Å². The lowest BCUT2D eigenvalue weighted by Crippen LogP contribution is -2.21. The second kappa shape index (κ2) is 4.62. The Balaban J connectivity index is 1.65. The molecule has 0 aliphatic heterocycles. The third kappa shape index (κ3) is 2.18. The second-order valence-corrected chi connectivity index (χ2v) is 6.49. The summed E-state index contributed by atoms with van der Waals surface area (Å²) in [5, 5.41) is 18.1. The average Bonchev–Trinajstić information content (AvgIpc) is 3.03. The number of fused-ring (bicyclic) bond motifs is 2. The molecule has 2 N–H and O–H groups in total. The van der Waals surface area contributed by atoms with Gasteiger partial charge in [0.1, 0.15) is 11.4 Å². The van der Waals surface area contributed by atoms with Crippen LogP contribution in [0.25, 0.3) is 0 Å². The SMILES string of the molecule is O=C(O)c1cc2c(cn1)CC1(Cc3cnc(C(=O)O)cc3C1)C2. The topological polar surface area (TPSA) is 100 Å². The summed E-state index contributed by atoms with van der Waals surface area (Å²) in [4.78, 5) is 30.1. The molecule has 0 unspecified atom stereocenters. The maximum atomic E-state index is 11.1. The van der Waals surface area contributed by atoms with Gasteiger partial charge in [-0.15, -0.1) is 0 Å². The number of pyridine rings is 2. The van der Waals surface area contributed by atoms with Crippen molar-refractivity contribution in [1.29, 1.82) is 0 Å². The molecule has 6 heteroatoms. The highest BCUT2D eigenvalue weighted by Crippen LogP contribution is 2.47. The van der Waals surface area contributed by atoms with Gasteiger partial charge in [-0.3, -0.25) is 0 Å². The molecule has 0 atom stereocenters. The third-order valence-corrected chi connectivity index (χ3v) is 4.87. The molecule has 2 aliphatic carbocycles. The summed E-state index contributed by atoms with van der Waals surface area (Å²) in [6.45, 7) is 0. The van der Waals surface area contributed by atoms with E-state index in [0.717, 1.165) is 47.9 Å². The monoisotopic (exact) mass is 310 g/mol. The Morgan fingerprint density at radius 2 is 1.17 bits per heavy atom. The van der Waals surface area contributed by atoms with Crippen molar-refractivity contribution in [2.75, 3.05) is 0 Å². The minimum absolute atomic E-state index is 0.00226. The molecule has 0 saturated heterocycles. The van der Waals surface area contributed by atoms with Crippen molar-refractivity contribution in [3.63, 3.8) is 0 Å². The van der Waals surface area contributed by atoms with E-state index in [1.165, 1.54) is 0 Å². The Morgan fingerprint density at radius 3 is 1.57 bits per heavy atom. The molecule has 6 nitrogen and oxygen atoms in total. The standard InChI is InChI=1S/C17H14N2O4/c20-15(21)13-1-9-3-17(5-11(9)7-18-13)4-10-2-14(16(22)23)19-8-12(10)6-17/h1-2,7-8H,3-6H2,(H,20,21)(H,22,23). The van der Waals surface area contributed by atoms with Crippen molar-refractivity contribution >= 4 is 11.9 Å². The van der Waals surface area contributed by atoms with E-state index < -0.39 is 11.9 Å². The molecule has 0 bridgehead atoms. The van der Waals surface area contributed by atoms with Gasteiger partial charge in [0.25, 0.3) is 0 Å². The molecule has 2 aromatic heterocycles. The van der Waals surface area contributed by atoms with Crippen molar-refractivity contribution < 1.29 is 19.8 Å². The van der Waals surface area contributed by atoms with E-state index in [1.807, 2.05) is 0 Å². The van der Waals surface area contributed by atoms with Gasteiger partial charge in [-0.25, -0.2) is 19.6 Å². The van der Waals surface area contributed by atoms with Gasteiger partial charge in [0.2, 0.25) is 0 Å². The predicted octanol–water partition coefficient (Wildman–Crippen LogP) is 1.76. The summed E-state index contributed by atoms with van der Waals surface area (Å²) in [6.07, 6.45) is 6.60. The van der Waals surface area contributed by atoms with Crippen LogP contribution in [0, 0.1) is 5.41 Å². The van der Waals surface area contributed by atoms with Gasteiger partial charge in [-0.2, -0.15) is 0 Å². The van der Waals surface area contributed by atoms with Crippen LogP contribution in [0.1, 0.15) is 43.2 Å². The Bertz CT molecular complexity index is 788. The largest absolute Gasteiger partial charge is 0.477 e. The first-order chi connectivity index (χ1) is 11.0. The summed E-state index contributed by atoms with van der Waals surface area (Å²) >= 11 is 0. The van der Waals surface area contributed by atoms with Crippen LogP contribution in [0.15, 0.2) is 24.5 Å². The minimum atomic E-state index is -1.02. The van der Waals surface area contributed by atoms with Crippen molar-refractivity contribution in [3.8, 4) is 0 Å². The number of hydrogen-bond donors (Lipinski definition) is 2. The molecular weight excluding hydrogens is 296 g/mol. The number of carboxylic acids is 2. The molecule has 116 valence electrons. The molecule has 0 saturated carbocycles. The summed E-state index contributed by atoms with van der Waals surface area (Å²) in [7, 11) is 0. The Kier molecular flexibility index (Phi) is 2.78. The maximum Gasteiger partial charge on any atom is 0.354 e. The molecule has 2 aliphatic rings. The van der Waals surface area contributed by atoms with Crippen LogP contribution in [-0.2, 0) is 25.7 Å². The molecule has 0 amide bonds. The first-order valence-corrected chi connectivity index (χ1v) is 7.38. The fourth-order valence-corrected chi connectivity index (χ4v) is 3.92. The van der Waals surface area contributed by atoms with Gasteiger partial charge in [-0.05, 0) is 65.5 Å². The second-order valence-electron chi connectivity index (χ2n) is 6.49. The summed E-state index contributed by atoms with van der Waals surface area (Å²) in [5.41, 5.74) is 4.41. The van der Waals surface area contributed by atoms with Gasteiger partial charge in [-0.1, -0.05) is 0 Å². The number of nitrogens with zero attached hydrogens (tertiary/aromatic N) is 2. The molecule has 0 fully saturated rings. The Hall–Kier alpha value is -2.76. The van der Waals surface area contributed by atoms with Crippen LogP contribution in [0.3, 0.4) is 0 Å². The van der Waals surface area contributed by atoms with Gasteiger partial charge < -0.3 is 10.2 Å². The minimum Gasteiger partial charge on any atom is -0.477 e. The fourth-order valence-electron chi connectivity index (χ4n) is 3.92. The van der Waals surface area contributed by atoms with Gasteiger partial charge in [0.05, 0.1) is 0 Å². The normalized spacial score (nSPS) is 17.0. The predicted molar refractivity (Wildman–Crippen MR) is 79.6 cm³/mol. The molecule has 0 radical (unpaired) electrons.